The van der Waals surface area contributed by atoms with E-state index in [1.54, 1.807) is 7.11 Å². The van der Waals surface area contributed by atoms with Crippen molar-refractivity contribution in [1.29, 1.82) is 0 Å². The van der Waals surface area contributed by atoms with Crippen molar-refractivity contribution in [2.45, 2.75) is 52.0 Å². The number of phenolic OH excluding ortho intramolecular Hbond substituents is 1. The van der Waals surface area contributed by atoms with Crippen LogP contribution in [0.25, 0.3) is 0 Å². The number of hydrogen-bond donors (Lipinski definition) is 2. The highest BCUT2D eigenvalue weighted by Crippen LogP contribution is 2.40. The molecule has 0 amide bonds. The van der Waals surface area contributed by atoms with Crippen LogP contribution >= 0.6 is 12.4 Å². The molecule has 0 heterocycles. The molecule has 3 aromatic rings. The number of nitrogens with zero attached hydrogens (tertiary/aromatic N) is 1. The summed E-state index contributed by atoms with van der Waals surface area (Å²) < 4.78 is 5.61. The lowest BCUT2D eigenvalue weighted by molar-refractivity contribution is 0.414. The van der Waals surface area contributed by atoms with Crippen molar-refractivity contribution < 1.29 is 9.84 Å². The van der Waals surface area contributed by atoms with Crippen LogP contribution in [0.1, 0.15) is 54.0 Å². The van der Waals surface area contributed by atoms with Gasteiger partial charge in [-0.1, -0.05) is 43.3 Å². The summed E-state index contributed by atoms with van der Waals surface area (Å²) in [6, 6.07) is 21.5. The molecular formula is C30H39ClN2O2. The SMILES string of the molecule is CCNCCc1ccc(CN(CC)c2cc(OC)ccc2[C@@H]2CCc3cc(O)ccc3C2)cc1.Cl. The molecule has 35 heavy (non-hydrogen) atoms. The van der Waals surface area contributed by atoms with Gasteiger partial charge in [-0.3, -0.25) is 0 Å². The standard InChI is InChI=1S/C30H38N2O2.ClH/c1-4-31-17-16-22-6-8-23(9-7-22)21-32(5-2)30-20-28(34-3)14-15-29(30)26-11-10-25-19-27(33)13-12-24(25)18-26;/h6-9,12-15,19-20,26,31,33H,4-5,10-11,16-18,21H2,1-3H3;1H/t26-;/m1./s1. The van der Waals surface area contributed by atoms with E-state index in [4.69, 9.17) is 4.74 Å². The van der Waals surface area contributed by atoms with Crippen LogP contribution in [0.4, 0.5) is 5.69 Å². The summed E-state index contributed by atoms with van der Waals surface area (Å²) in [5.41, 5.74) is 8.00. The molecule has 0 unspecified atom stereocenters. The van der Waals surface area contributed by atoms with Crippen molar-refractivity contribution in [3.05, 3.63) is 88.5 Å². The molecule has 0 radical (unpaired) electrons. The van der Waals surface area contributed by atoms with Gasteiger partial charge in [0.15, 0.2) is 0 Å². The van der Waals surface area contributed by atoms with Gasteiger partial charge in [-0.25, -0.2) is 0 Å². The fraction of sp³-hybridized carbons (Fsp3) is 0.400. The summed E-state index contributed by atoms with van der Waals surface area (Å²) in [6.07, 6.45) is 4.16. The number of methoxy groups -OCH3 is 1. The van der Waals surface area contributed by atoms with Gasteiger partial charge in [0.25, 0.3) is 0 Å². The maximum atomic E-state index is 9.87. The third kappa shape index (κ3) is 6.71. The molecule has 1 atom stereocenters. The van der Waals surface area contributed by atoms with Gasteiger partial charge in [0.2, 0.25) is 0 Å². The molecule has 1 aliphatic carbocycles. The Balaban J connectivity index is 0.00000342. The molecule has 188 valence electrons. The quantitative estimate of drug-likeness (QED) is 0.326. The van der Waals surface area contributed by atoms with Crippen molar-refractivity contribution in [2.75, 3.05) is 31.6 Å². The molecule has 0 spiro atoms. The van der Waals surface area contributed by atoms with Crippen LogP contribution in [0.3, 0.4) is 0 Å². The summed E-state index contributed by atoms with van der Waals surface area (Å²) in [6.45, 7) is 8.22. The monoisotopic (exact) mass is 494 g/mol. The second-order valence-electron chi connectivity index (χ2n) is 9.25. The van der Waals surface area contributed by atoms with E-state index < -0.39 is 0 Å². The third-order valence-corrected chi connectivity index (χ3v) is 7.05. The Morgan fingerprint density at radius 1 is 0.971 bits per heavy atom. The Kier molecular flexibility index (Phi) is 9.88. The molecule has 4 rings (SSSR count). The number of benzene rings is 3. The topological polar surface area (TPSA) is 44.7 Å². The predicted molar refractivity (Wildman–Crippen MR) is 149 cm³/mol. The number of fused-ring (bicyclic) bond motifs is 1. The molecule has 0 bridgehead atoms. The van der Waals surface area contributed by atoms with Gasteiger partial charge in [0.1, 0.15) is 11.5 Å². The summed E-state index contributed by atoms with van der Waals surface area (Å²) in [5, 5.41) is 13.3. The zero-order chi connectivity index (χ0) is 23.9. The highest BCUT2D eigenvalue weighted by atomic mass is 35.5. The average molecular weight is 495 g/mol. The van der Waals surface area contributed by atoms with Crippen LogP contribution < -0.4 is 15.0 Å². The van der Waals surface area contributed by atoms with Crippen LogP contribution in [-0.4, -0.2) is 31.9 Å². The second-order valence-corrected chi connectivity index (χ2v) is 9.25. The molecular weight excluding hydrogens is 456 g/mol. The fourth-order valence-electron chi connectivity index (χ4n) is 5.08. The molecule has 5 heteroatoms. The Labute approximate surface area is 216 Å². The van der Waals surface area contributed by atoms with E-state index >= 15 is 0 Å². The lowest BCUT2D eigenvalue weighted by atomic mass is 9.79. The first-order chi connectivity index (χ1) is 16.6. The second kappa shape index (κ2) is 12.9. The maximum absolute atomic E-state index is 9.87. The van der Waals surface area contributed by atoms with Crippen molar-refractivity contribution in [3.8, 4) is 11.5 Å². The Bertz CT molecular complexity index is 1080. The summed E-state index contributed by atoms with van der Waals surface area (Å²) in [7, 11) is 1.74. The first kappa shape index (κ1) is 26.9. The molecule has 0 saturated heterocycles. The Morgan fingerprint density at radius 2 is 1.74 bits per heavy atom. The number of aryl methyl sites for hydroxylation is 1. The normalized spacial score (nSPS) is 14.7. The molecule has 4 nitrogen and oxygen atoms in total. The number of anilines is 1. The summed E-state index contributed by atoms with van der Waals surface area (Å²) in [4.78, 5) is 2.47. The molecule has 1 aliphatic rings. The maximum Gasteiger partial charge on any atom is 0.120 e. The first-order valence-electron chi connectivity index (χ1n) is 12.6. The minimum Gasteiger partial charge on any atom is -0.508 e. The predicted octanol–water partition coefficient (Wildman–Crippen LogP) is 6.27. The van der Waals surface area contributed by atoms with Gasteiger partial charge < -0.3 is 20.1 Å². The number of hydrogen-bond acceptors (Lipinski definition) is 4. The van der Waals surface area contributed by atoms with E-state index in [-0.39, 0.29) is 12.4 Å². The molecule has 0 aliphatic heterocycles. The third-order valence-electron chi connectivity index (χ3n) is 7.05. The minimum absolute atomic E-state index is 0. The number of ether oxygens (including phenoxy) is 1. The highest BCUT2D eigenvalue weighted by Gasteiger charge is 2.24. The summed E-state index contributed by atoms with van der Waals surface area (Å²) in [5.74, 6) is 1.73. The highest BCUT2D eigenvalue weighted by molar-refractivity contribution is 5.85. The summed E-state index contributed by atoms with van der Waals surface area (Å²) >= 11 is 0. The van der Waals surface area contributed by atoms with E-state index in [1.807, 2.05) is 12.1 Å². The van der Waals surface area contributed by atoms with Gasteiger partial charge in [-0.05, 0) is 97.6 Å². The molecule has 3 aromatic carbocycles. The molecule has 0 saturated carbocycles. The van der Waals surface area contributed by atoms with Gasteiger partial charge in [0.05, 0.1) is 7.11 Å². The van der Waals surface area contributed by atoms with Crippen LogP contribution in [0.15, 0.2) is 60.7 Å². The molecule has 0 aromatic heterocycles. The van der Waals surface area contributed by atoms with Crippen LogP contribution in [0, 0.1) is 0 Å². The Hall–Kier alpha value is -2.69. The zero-order valence-electron chi connectivity index (χ0n) is 21.2. The van der Waals surface area contributed by atoms with Crippen molar-refractivity contribution >= 4 is 18.1 Å². The van der Waals surface area contributed by atoms with E-state index in [0.717, 1.165) is 57.6 Å². The van der Waals surface area contributed by atoms with Crippen LogP contribution in [0.2, 0.25) is 0 Å². The number of nitrogens with one attached hydrogen (secondary N) is 1. The number of halogens is 1. The van der Waals surface area contributed by atoms with Crippen molar-refractivity contribution in [1.82, 2.24) is 5.32 Å². The van der Waals surface area contributed by atoms with E-state index in [0.29, 0.717) is 11.7 Å². The zero-order valence-corrected chi connectivity index (χ0v) is 22.0. The number of rotatable bonds is 10. The number of aromatic hydroxyl groups is 1. The van der Waals surface area contributed by atoms with Crippen LogP contribution in [0.5, 0.6) is 11.5 Å². The van der Waals surface area contributed by atoms with Crippen molar-refractivity contribution in [3.63, 3.8) is 0 Å². The van der Waals surface area contributed by atoms with E-state index in [9.17, 15) is 5.11 Å². The average Bonchev–Trinajstić information content (AvgIpc) is 2.87. The number of likely N-dealkylation sites (N-methyl/N-ethyl adjacent to an activating group) is 1. The van der Waals surface area contributed by atoms with Crippen molar-refractivity contribution in [2.24, 2.45) is 0 Å². The largest absolute Gasteiger partial charge is 0.508 e. The lowest BCUT2D eigenvalue weighted by Gasteiger charge is -2.32. The minimum atomic E-state index is 0. The lowest BCUT2D eigenvalue weighted by Crippen LogP contribution is -2.25. The van der Waals surface area contributed by atoms with Gasteiger partial charge in [0, 0.05) is 24.8 Å². The van der Waals surface area contributed by atoms with Gasteiger partial charge in [-0.2, -0.15) is 0 Å². The van der Waals surface area contributed by atoms with Gasteiger partial charge in [-0.15, -0.1) is 12.4 Å². The number of phenols is 1. The fourth-order valence-corrected chi connectivity index (χ4v) is 5.08. The first-order valence-corrected chi connectivity index (χ1v) is 12.6. The smallest absolute Gasteiger partial charge is 0.120 e. The van der Waals surface area contributed by atoms with Crippen LogP contribution in [-0.2, 0) is 25.8 Å². The Morgan fingerprint density at radius 3 is 2.46 bits per heavy atom. The molecule has 2 N–H and O–H groups in total. The van der Waals surface area contributed by atoms with Gasteiger partial charge >= 0.3 is 0 Å². The van der Waals surface area contributed by atoms with E-state index in [2.05, 4.69) is 72.6 Å². The molecule has 0 fully saturated rings. The van der Waals surface area contributed by atoms with E-state index in [1.165, 1.54) is 33.5 Å².